The van der Waals surface area contributed by atoms with Crippen molar-refractivity contribution in [1.82, 2.24) is 10.3 Å². The zero-order valence-electron chi connectivity index (χ0n) is 7.50. The Morgan fingerprint density at radius 2 is 2.31 bits per heavy atom. The minimum atomic E-state index is 0.577. The fourth-order valence-corrected chi connectivity index (χ4v) is 1.42. The van der Waals surface area contributed by atoms with Crippen LogP contribution in [0.1, 0.15) is 0 Å². The van der Waals surface area contributed by atoms with Gasteiger partial charge in [0.15, 0.2) is 0 Å². The van der Waals surface area contributed by atoms with Gasteiger partial charge in [-0.25, -0.2) is 4.98 Å². The van der Waals surface area contributed by atoms with Crippen molar-refractivity contribution < 1.29 is 0 Å². The standard InChI is InChI=1S/C9H12ClN3/c1-13(8-5-11-6-8)9-3-2-7(10)4-12-9/h2-4,8,11H,5-6H2,1H3. The summed E-state index contributed by atoms with van der Waals surface area (Å²) >= 11 is 5.75. The molecule has 4 heteroatoms. The molecule has 2 heterocycles. The highest BCUT2D eigenvalue weighted by molar-refractivity contribution is 6.30. The van der Waals surface area contributed by atoms with Crippen LogP contribution in [0, 0.1) is 0 Å². The minimum absolute atomic E-state index is 0.577. The van der Waals surface area contributed by atoms with Gasteiger partial charge in [0.1, 0.15) is 5.82 Å². The maximum atomic E-state index is 5.75. The molecule has 0 bridgehead atoms. The second kappa shape index (κ2) is 3.52. The highest BCUT2D eigenvalue weighted by Crippen LogP contribution is 2.16. The van der Waals surface area contributed by atoms with Crippen molar-refractivity contribution in [3.05, 3.63) is 23.4 Å². The molecule has 70 valence electrons. The number of rotatable bonds is 2. The third-order valence-electron chi connectivity index (χ3n) is 2.38. The molecule has 3 nitrogen and oxygen atoms in total. The quantitative estimate of drug-likeness (QED) is 0.771. The van der Waals surface area contributed by atoms with Crippen LogP contribution in [0.5, 0.6) is 0 Å². The summed E-state index contributed by atoms with van der Waals surface area (Å²) in [5.74, 6) is 0.982. The molecule has 0 unspecified atom stereocenters. The molecule has 2 rings (SSSR count). The van der Waals surface area contributed by atoms with Crippen LogP contribution in [-0.2, 0) is 0 Å². The first-order valence-electron chi connectivity index (χ1n) is 4.32. The summed E-state index contributed by atoms with van der Waals surface area (Å²) in [4.78, 5) is 6.42. The summed E-state index contributed by atoms with van der Waals surface area (Å²) in [7, 11) is 2.06. The summed E-state index contributed by atoms with van der Waals surface area (Å²) in [6, 6.07) is 4.39. The molecule has 0 atom stereocenters. The third kappa shape index (κ3) is 1.76. The summed E-state index contributed by atoms with van der Waals surface area (Å²) in [6.07, 6.45) is 1.68. The van der Waals surface area contributed by atoms with Crippen LogP contribution in [0.15, 0.2) is 18.3 Å². The molecule has 1 fully saturated rings. The molecule has 1 aromatic rings. The van der Waals surface area contributed by atoms with E-state index in [1.54, 1.807) is 6.20 Å². The Balaban J connectivity index is 2.10. The second-order valence-corrected chi connectivity index (χ2v) is 3.69. The molecule has 1 aliphatic rings. The Hall–Kier alpha value is -0.800. The molecule has 0 saturated carbocycles. The van der Waals surface area contributed by atoms with Crippen LogP contribution in [0.2, 0.25) is 5.02 Å². The first kappa shape index (κ1) is 8.78. The smallest absolute Gasteiger partial charge is 0.128 e. The predicted molar refractivity (Wildman–Crippen MR) is 54.3 cm³/mol. The van der Waals surface area contributed by atoms with Gasteiger partial charge in [-0.2, -0.15) is 0 Å². The topological polar surface area (TPSA) is 28.2 Å². The van der Waals surface area contributed by atoms with E-state index in [-0.39, 0.29) is 0 Å². The number of pyridine rings is 1. The van der Waals surface area contributed by atoms with Gasteiger partial charge in [0.05, 0.1) is 11.1 Å². The summed E-state index contributed by atoms with van der Waals surface area (Å²) in [5.41, 5.74) is 0. The van der Waals surface area contributed by atoms with Gasteiger partial charge in [0, 0.05) is 26.3 Å². The van der Waals surface area contributed by atoms with E-state index in [0.717, 1.165) is 18.9 Å². The fourth-order valence-electron chi connectivity index (χ4n) is 1.31. The molecule has 1 N–H and O–H groups in total. The van der Waals surface area contributed by atoms with Crippen molar-refractivity contribution in [3.63, 3.8) is 0 Å². The van der Waals surface area contributed by atoms with Crippen molar-refractivity contribution in [2.75, 3.05) is 25.0 Å². The first-order valence-corrected chi connectivity index (χ1v) is 4.70. The number of nitrogens with one attached hydrogen (secondary N) is 1. The molecule has 1 aromatic heterocycles. The lowest BCUT2D eigenvalue weighted by atomic mass is 10.1. The average molecular weight is 198 g/mol. The van der Waals surface area contributed by atoms with Crippen LogP contribution >= 0.6 is 11.6 Å². The number of aromatic nitrogens is 1. The number of hydrogen-bond acceptors (Lipinski definition) is 3. The van der Waals surface area contributed by atoms with Gasteiger partial charge in [0.25, 0.3) is 0 Å². The number of likely N-dealkylation sites (N-methyl/N-ethyl adjacent to an activating group) is 1. The molecule has 0 spiro atoms. The van der Waals surface area contributed by atoms with E-state index in [0.29, 0.717) is 11.1 Å². The largest absolute Gasteiger partial charge is 0.354 e. The van der Waals surface area contributed by atoms with Gasteiger partial charge in [-0.05, 0) is 12.1 Å². The van der Waals surface area contributed by atoms with Gasteiger partial charge in [-0.3, -0.25) is 0 Å². The van der Waals surface area contributed by atoms with Crippen molar-refractivity contribution in [3.8, 4) is 0 Å². The molecule has 1 aliphatic heterocycles. The van der Waals surface area contributed by atoms with E-state index in [1.807, 2.05) is 12.1 Å². The lowest BCUT2D eigenvalue weighted by Crippen LogP contribution is -2.56. The third-order valence-corrected chi connectivity index (χ3v) is 2.60. The van der Waals surface area contributed by atoms with Crippen LogP contribution in [-0.4, -0.2) is 31.2 Å². The number of nitrogens with zero attached hydrogens (tertiary/aromatic N) is 2. The Morgan fingerprint density at radius 1 is 1.54 bits per heavy atom. The predicted octanol–water partition coefficient (Wildman–Crippen LogP) is 1.14. The lowest BCUT2D eigenvalue weighted by Gasteiger charge is -2.36. The fraction of sp³-hybridized carbons (Fsp3) is 0.444. The normalized spacial score (nSPS) is 16.8. The first-order chi connectivity index (χ1) is 6.27. The zero-order chi connectivity index (χ0) is 9.26. The van der Waals surface area contributed by atoms with Crippen molar-refractivity contribution in [2.24, 2.45) is 0 Å². The zero-order valence-corrected chi connectivity index (χ0v) is 8.25. The monoisotopic (exact) mass is 197 g/mol. The van der Waals surface area contributed by atoms with Gasteiger partial charge in [0.2, 0.25) is 0 Å². The summed E-state index contributed by atoms with van der Waals surface area (Å²) in [5, 5.41) is 3.91. The van der Waals surface area contributed by atoms with Crippen LogP contribution in [0.4, 0.5) is 5.82 Å². The molecular formula is C9H12ClN3. The SMILES string of the molecule is CN(c1ccc(Cl)cn1)C1CNC1. The molecule has 0 aliphatic carbocycles. The molecule has 0 amide bonds. The Bertz CT molecular complexity index is 281. The van der Waals surface area contributed by atoms with E-state index >= 15 is 0 Å². The Kier molecular flexibility index (Phi) is 2.38. The maximum Gasteiger partial charge on any atom is 0.128 e. The van der Waals surface area contributed by atoms with Crippen LogP contribution in [0.25, 0.3) is 0 Å². The van der Waals surface area contributed by atoms with Crippen LogP contribution < -0.4 is 10.2 Å². The van der Waals surface area contributed by atoms with E-state index in [4.69, 9.17) is 11.6 Å². The van der Waals surface area contributed by atoms with Crippen LogP contribution in [0.3, 0.4) is 0 Å². The van der Waals surface area contributed by atoms with Gasteiger partial charge in [-0.1, -0.05) is 11.6 Å². The summed E-state index contributed by atoms with van der Waals surface area (Å²) < 4.78 is 0. The van der Waals surface area contributed by atoms with Gasteiger partial charge < -0.3 is 10.2 Å². The highest BCUT2D eigenvalue weighted by atomic mass is 35.5. The van der Waals surface area contributed by atoms with E-state index < -0.39 is 0 Å². The maximum absolute atomic E-state index is 5.75. The van der Waals surface area contributed by atoms with E-state index in [9.17, 15) is 0 Å². The van der Waals surface area contributed by atoms with E-state index in [2.05, 4.69) is 22.2 Å². The number of anilines is 1. The van der Waals surface area contributed by atoms with Crippen molar-refractivity contribution >= 4 is 17.4 Å². The average Bonchev–Trinajstić information content (AvgIpc) is 2.02. The highest BCUT2D eigenvalue weighted by Gasteiger charge is 2.22. The molecule has 13 heavy (non-hydrogen) atoms. The van der Waals surface area contributed by atoms with Gasteiger partial charge >= 0.3 is 0 Å². The lowest BCUT2D eigenvalue weighted by molar-refractivity contribution is 0.427. The Morgan fingerprint density at radius 3 is 2.77 bits per heavy atom. The summed E-state index contributed by atoms with van der Waals surface area (Å²) in [6.45, 7) is 2.08. The Labute approximate surface area is 82.7 Å². The molecule has 0 aromatic carbocycles. The minimum Gasteiger partial charge on any atom is -0.354 e. The molecular weight excluding hydrogens is 186 g/mol. The van der Waals surface area contributed by atoms with Crippen molar-refractivity contribution in [2.45, 2.75) is 6.04 Å². The molecule has 0 radical (unpaired) electrons. The van der Waals surface area contributed by atoms with Gasteiger partial charge in [-0.15, -0.1) is 0 Å². The number of halogens is 1. The van der Waals surface area contributed by atoms with Crippen molar-refractivity contribution in [1.29, 1.82) is 0 Å². The second-order valence-electron chi connectivity index (χ2n) is 3.26. The number of hydrogen-bond donors (Lipinski definition) is 1. The molecule has 1 saturated heterocycles. The van der Waals surface area contributed by atoms with E-state index in [1.165, 1.54) is 0 Å².